The van der Waals surface area contributed by atoms with Gasteiger partial charge >= 0.3 is 0 Å². The Bertz CT molecular complexity index is 411. The van der Waals surface area contributed by atoms with Crippen LogP contribution in [0.4, 0.5) is 0 Å². The fraction of sp³-hybridized carbons (Fsp3) is 0.222. The van der Waals surface area contributed by atoms with E-state index in [-0.39, 0.29) is 12.6 Å². The van der Waals surface area contributed by atoms with Crippen molar-refractivity contribution in [3.63, 3.8) is 0 Å². The average Bonchev–Trinajstić information content (AvgIpc) is 2.63. The zero-order chi connectivity index (χ0) is 9.26. The van der Waals surface area contributed by atoms with Crippen LogP contribution < -0.4 is 5.73 Å². The van der Waals surface area contributed by atoms with Gasteiger partial charge in [0.1, 0.15) is 0 Å². The molecule has 0 aromatic carbocycles. The zero-order valence-electron chi connectivity index (χ0n) is 6.97. The van der Waals surface area contributed by atoms with E-state index in [0.717, 1.165) is 10.9 Å². The van der Waals surface area contributed by atoms with Gasteiger partial charge in [-0.05, 0) is 17.7 Å². The van der Waals surface area contributed by atoms with Crippen molar-refractivity contribution >= 4 is 11.1 Å². The predicted octanol–water partition coefficient (Wildman–Crippen LogP) is 0.820. The summed E-state index contributed by atoms with van der Waals surface area (Å²) in [6, 6.07) is 3.31. The molecule has 2 aromatic rings. The zero-order valence-corrected chi connectivity index (χ0v) is 6.97. The molecule has 0 saturated carbocycles. The average molecular weight is 178 g/mol. The summed E-state index contributed by atoms with van der Waals surface area (Å²) < 4.78 is 5.07. The van der Waals surface area contributed by atoms with Gasteiger partial charge in [0.2, 0.25) is 5.71 Å². The van der Waals surface area contributed by atoms with Gasteiger partial charge in [-0.15, -0.1) is 0 Å². The first-order chi connectivity index (χ1) is 6.31. The quantitative estimate of drug-likeness (QED) is 0.714. The Kier molecular flexibility index (Phi) is 2.00. The molecule has 2 heterocycles. The fourth-order valence-electron chi connectivity index (χ4n) is 1.18. The predicted molar refractivity (Wildman–Crippen MR) is 48.0 cm³/mol. The van der Waals surface area contributed by atoms with Crippen molar-refractivity contribution in [1.82, 2.24) is 4.98 Å². The van der Waals surface area contributed by atoms with E-state index in [2.05, 4.69) is 4.98 Å². The molecule has 4 nitrogen and oxygen atoms in total. The van der Waals surface area contributed by atoms with Crippen LogP contribution in [0.3, 0.4) is 0 Å². The van der Waals surface area contributed by atoms with Crippen LogP contribution in [0.1, 0.15) is 11.6 Å². The molecular formula is C9H10N2O2. The van der Waals surface area contributed by atoms with Crippen LogP contribution in [0.5, 0.6) is 0 Å². The Hall–Kier alpha value is -1.39. The molecule has 13 heavy (non-hydrogen) atoms. The van der Waals surface area contributed by atoms with Gasteiger partial charge in [0.25, 0.3) is 0 Å². The van der Waals surface area contributed by atoms with E-state index in [1.165, 1.54) is 0 Å². The molecule has 1 atom stereocenters. The molecule has 0 radical (unpaired) electrons. The van der Waals surface area contributed by atoms with Crippen LogP contribution in [-0.4, -0.2) is 16.7 Å². The molecule has 0 bridgehead atoms. The molecule has 0 spiro atoms. The Balaban J connectivity index is 2.48. The molecule has 0 aliphatic carbocycles. The third-order valence-electron chi connectivity index (χ3n) is 1.95. The molecule has 0 fully saturated rings. The second-order valence-electron chi connectivity index (χ2n) is 2.87. The number of rotatable bonds is 2. The van der Waals surface area contributed by atoms with Gasteiger partial charge in [-0.2, -0.15) is 0 Å². The normalized spacial score (nSPS) is 13.4. The summed E-state index contributed by atoms with van der Waals surface area (Å²) in [4.78, 5) is 4.05. The smallest absolute Gasteiger partial charge is 0.225 e. The van der Waals surface area contributed by atoms with E-state index >= 15 is 0 Å². The standard InChI is InChI=1S/C9H10N2O2/c10-8(5-12)7-3-6-1-2-13-9(6)11-4-7/h1-4,8,12H,5,10H2. The van der Waals surface area contributed by atoms with Crippen molar-refractivity contribution in [2.24, 2.45) is 5.73 Å². The number of hydrogen-bond donors (Lipinski definition) is 2. The summed E-state index contributed by atoms with van der Waals surface area (Å²) in [6.07, 6.45) is 3.19. The number of nitrogens with zero attached hydrogens (tertiary/aromatic N) is 1. The Labute approximate surface area is 75.0 Å². The number of aliphatic hydroxyl groups excluding tert-OH is 1. The van der Waals surface area contributed by atoms with Crippen LogP contribution in [0.25, 0.3) is 11.1 Å². The summed E-state index contributed by atoms with van der Waals surface area (Å²) >= 11 is 0. The van der Waals surface area contributed by atoms with Crippen molar-refractivity contribution in [3.05, 3.63) is 30.2 Å². The summed E-state index contributed by atoms with van der Waals surface area (Å²) in [5.74, 6) is 0. The van der Waals surface area contributed by atoms with Crippen LogP contribution >= 0.6 is 0 Å². The van der Waals surface area contributed by atoms with Gasteiger partial charge in [-0.1, -0.05) is 0 Å². The molecule has 1 unspecified atom stereocenters. The second kappa shape index (κ2) is 3.16. The van der Waals surface area contributed by atoms with Crippen LogP contribution in [0.2, 0.25) is 0 Å². The maximum atomic E-state index is 8.83. The Morgan fingerprint density at radius 3 is 3.23 bits per heavy atom. The number of furan rings is 1. The number of aliphatic hydroxyl groups is 1. The largest absolute Gasteiger partial charge is 0.446 e. The minimum absolute atomic E-state index is 0.0783. The number of hydrogen-bond acceptors (Lipinski definition) is 4. The third-order valence-corrected chi connectivity index (χ3v) is 1.95. The van der Waals surface area contributed by atoms with Gasteiger partial charge < -0.3 is 15.3 Å². The highest BCUT2D eigenvalue weighted by molar-refractivity contribution is 5.73. The van der Waals surface area contributed by atoms with Gasteiger partial charge in [0, 0.05) is 11.6 Å². The maximum absolute atomic E-state index is 8.83. The molecule has 0 amide bonds. The van der Waals surface area contributed by atoms with Crippen LogP contribution in [0.15, 0.2) is 29.0 Å². The molecule has 4 heteroatoms. The van der Waals surface area contributed by atoms with Gasteiger partial charge in [0.15, 0.2) is 0 Å². The number of aromatic nitrogens is 1. The summed E-state index contributed by atoms with van der Waals surface area (Å²) in [5.41, 5.74) is 7.04. The minimum atomic E-state index is -0.369. The number of nitrogens with two attached hydrogens (primary N) is 1. The maximum Gasteiger partial charge on any atom is 0.225 e. The Morgan fingerprint density at radius 2 is 2.46 bits per heavy atom. The van der Waals surface area contributed by atoms with E-state index in [0.29, 0.717) is 5.71 Å². The molecule has 0 aliphatic rings. The minimum Gasteiger partial charge on any atom is -0.446 e. The molecule has 2 rings (SSSR count). The van der Waals surface area contributed by atoms with E-state index in [1.54, 1.807) is 12.5 Å². The molecular weight excluding hydrogens is 168 g/mol. The second-order valence-corrected chi connectivity index (χ2v) is 2.87. The van der Waals surface area contributed by atoms with E-state index in [9.17, 15) is 0 Å². The van der Waals surface area contributed by atoms with Crippen molar-refractivity contribution in [1.29, 1.82) is 0 Å². The van der Waals surface area contributed by atoms with E-state index in [4.69, 9.17) is 15.3 Å². The van der Waals surface area contributed by atoms with Crippen molar-refractivity contribution in [3.8, 4) is 0 Å². The highest BCUT2D eigenvalue weighted by Crippen LogP contribution is 2.17. The lowest BCUT2D eigenvalue weighted by Crippen LogP contribution is -2.14. The van der Waals surface area contributed by atoms with Gasteiger partial charge in [-0.25, -0.2) is 4.98 Å². The van der Waals surface area contributed by atoms with Gasteiger partial charge in [-0.3, -0.25) is 0 Å². The van der Waals surface area contributed by atoms with Crippen molar-refractivity contribution in [2.75, 3.05) is 6.61 Å². The first-order valence-corrected chi connectivity index (χ1v) is 4.01. The molecule has 0 saturated heterocycles. The summed E-state index contributed by atoms with van der Waals surface area (Å²) in [7, 11) is 0. The van der Waals surface area contributed by atoms with Crippen molar-refractivity contribution in [2.45, 2.75) is 6.04 Å². The Morgan fingerprint density at radius 1 is 1.62 bits per heavy atom. The molecule has 68 valence electrons. The van der Waals surface area contributed by atoms with E-state index in [1.807, 2.05) is 12.1 Å². The highest BCUT2D eigenvalue weighted by atomic mass is 16.3. The first-order valence-electron chi connectivity index (χ1n) is 4.01. The number of fused-ring (bicyclic) bond motifs is 1. The summed E-state index contributed by atoms with van der Waals surface area (Å²) in [5, 5.41) is 9.74. The van der Waals surface area contributed by atoms with Gasteiger partial charge in [0.05, 0.1) is 18.9 Å². The lowest BCUT2D eigenvalue weighted by atomic mass is 10.1. The third kappa shape index (κ3) is 1.41. The fourth-order valence-corrected chi connectivity index (χ4v) is 1.18. The highest BCUT2D eigenvalue weighted by Gasteiger charge is 2.06. The number of pyridine rings is 1. The van der Waals surface area contributed by atoms with Crippen molar-refractivity contribution < 1.29 is 9.52 Å². The lowest BCUT2D eigenvalue weighted by molar-refractivity contribution is 0.268. The van der Waals surface area contributed by atoms with Crippen LogP contribution in [-0.2, 0) is 0 Å². The molecule has 2 aromatic heterocycles. The molecule has 3 N–H and O–H groups in total. The molecule has 0 aliphatic heterocycles. The monoisotopic (exact) mass is 178 g/mol. The topological polar surface area (TPSA) is 72.3 Å². The summed E-state index contributed by atoms with van der Waals surface area (Å²) in [6.45, 7) is -0.0783. The van der Waals surface area contributed by atoms with Crippen LogP contribution in [0, 0.1) is 0 Å². The SMILES string of the molecule is NC(CO)c1cnc2occc2c1. The first kappa shape index (κ1) is 8.22. The van der Waals surface area contributed by atoms with E-state index < -0.39 is 0 Å². The lowest BCUT2D eigenvalue weighted by Gasteiger charge is -2.06.